The van der Waals surface area contributed by atoms with Crippen molar-refractivity contribution < 1.29 is 17.3 Å². The number of rotatable bonds is 6. The van der Waals surface area contributed by atoms with Crippen molar-refractivity contribution in [3.8, 4) is 11.5 Å². The molecule has 0 aromatic heterocycles. The molecule has 7 heteroatoms. The average Bonchev–Trinajstić information content (AvgIpc) is 2.71. The van der Waals surface area contributed by atoms with Gasteiger partial charge in [-0.05, 0) is 60.9 Å². The van der Waals surface area contributed by atoms with E-state index in [4.69, 9.17) is 20.5 Å². The lowest BCUT2D eigenvalue weighted by Gasteiger charge is -2.13. The maximum absolute atomic E-state index is 12.5. The highest BCUT2D eigenvalue weighted by atomic mass is 35.5. The number of aliphatic imine (C=N–C) groups is 1. The zero-order valence-corrected chi connectivity index (χ0v) is 17.8. The van der Waals surface area contributed by atoms with Gasteiger partial charge in [0.05, 0.1) is 17.8 Å². The van der Waals surface area contributed by atoms with E-state index in [1.807, 2.05) is 32.0 Å². The SMILES string of the molecule is COc1cc(C=Nc2cccc(C)c2C)cc(Cl)c1OS(=O)(=O)c1ccccc1. The normalized spacial score (nSPS) is 11.6. The minimum Gasteiger partial charge on any atom is -0.493 e. The zero-order valence-electron chi connectivity index (χ0n) is 16.2. The van der Waals surface area contributed by atoms with E-state index < -0.39 is 10.1 Å². The summed E-state index contributed by atoms with van der Waals surface area (Å²) in [6.07, 6.45) is 1.64. The Morgan fingerprint density at radius 3 is 2.41 bits per heavy atom. The number of hydrogen-bond acceptors (Lipinski definition) is 5. The Morgan fingerprint density at radius 2 is 1.72 bits per heavy atom. The molecule has 0 amide bonds. The van der Waals surface area contributed by atoms with Crippen LogP contribution in [0.25, 0.3) is 0 Å². The number of benzene rings is 3. The fourth-order valence-electron chi connectivity index (χ4n) is 2.66. The number of aryl methyl sites for hydroxylation is 1. The molecule has 0 aliphatic heterocycles. The summed E-state index contributed by atoms with van der Waals surface area (Å²) in [5.41, 5.74) is 3.71. The third-order valence-electron chi connectivity index (χ3n) is 4.41. The van der Waals surface area contributed by atoms with Crippen LogP contribution in [0.1, 0.15) is 16.7 Å². The number of halogens is 1. The molecule has 0 saturated heterocycles. The van der Waals surface area contributed by atoms with E-state index in [2.05, 4.69) is 4.99 Å². The predicted octanol–water partition coefficient (Wildman–Crippen LogP) is 5.48. The van der Waals surface area contributed by atoms with Gasteiger partial charge >= 0.3 is 10.1 Å². The zero-order chi connectivity index (χ0) is 21.0. The summed E-state index contributed by atoms with van der Waals surface area (Å²) >= 11 is 6.31. The second kappa shape index (κ2) is 8.68. The Bertz CT molecular complexity index is 1160. The van der Waals surface area contributed by atoms with Gasteiger partial charge in [-0.2, -0.15) is 8.42 Å². The second-order valence-electron chi connectivity index (χ2n) is 6.36. The molecule has 150 valence electrons. The van der Waals surface area contributed by atoms with Gasteiger partial charge in [0.15, 0.2) is 5.75 Å². The largest absolute Gasteiger partial charge is 0.493 e. The number of nitrogens with zero attached hydrogens (tertiary/aromatic N) is 1. The summed E-state index contributed by atoms with van der Waals surface area (Å²) < 4.78 is 35.6. The van der Waals surface area contributed by atoms with Crippen LogP contribution in [0.3, 0.4) is 0 Å². The predicted molar refractivity (Wildman–Crippen MR) is 115 cm³/mol. The quantitative estimate of drug-likeness (QED) is 0.384. The van der Waals surface area contributed by atoms with Gasteiger partial charge in [-0.3, -0.25) is 4.99 Å². The molecular formula is C22H20ClNO4S. The molecule has 0 aliphatic rings. The molecule has 0 saturated carbocycles. The van der Waals surface area contributed by atoms with Gasteiger partial charge in [-0.1, -0.05) is 41.9 Å². The molecule has 0 atom stereocenters. The lowest BCUT2D eigenvalue weighted by molar-refractivity contribution is 0.390. The molecule has 29 heavy (non-hydrogen) atoms. The lowest BCUT2D eigenvalue weighted by Crippen LogP contribution is -2.11. The molecule has 0 bridgehead atoms. The molecule has 5 nitrogen and oxygen atoms in total. The van der Waals surface area contributed by atoms with Crippen molar-refractivity contribution >= 4 is 33.6 Å². The summed E-state index contributed by atoms with van der Waals surface area (Å²) in [6, 6.07) is 16.9. The van der Waals surface area contributed by atoms with Crippen molar-refractivity contribution in [1.82, 2.24) is 0 Å². The van der Waals surface area contributed by atoms with Crippen LogP contribution in [0, 0.1) is 13.8 Å². The summed E-state index contributed by atoms with van der Waals surface area (Å²) in [4.78, 5) is 4.53. The highest BCUT2D eigenvalue weighted by Crippen LogP contribution is 2.38. The first kappa shape index (κ1) is 20.9. The highest BCUT2D eigenvalue weighted by Gasteiger charge is 2.21. The van der Waals surface area contributed by atoms with Crippen molar-refractivity contribution in [3.05, 3.63) is 82.4 Å². The summed E-state index contributed by atoms with van der Waals surface area (Å²) in [6.45, 7) is 4.02. The van der Waals surface area contributed by atoms with Crippen molar-refractivity contribution in [1.29, 1.82) is 0 Å². The highest BCUT2D eigenvalue weighted by molar-refractivity contribution is 7.87. The van der Waals surface area contributed by atoms with E-state index in [0.29, 0.717) is 5.56 Å². The van der Waals surface area contributed by atoms with Gasteiger partial charge in [0.2, 0.25) is 5.75 Å². The van der Waals surface area contributed by atoms with Crippen LogP contribution < -0.4 is 8.92 Å². The third kappa shape index (κ3) is 4.78. The molecule has 0 unspecified atom stereocenters. The lowest BCUT2D eigenvalue weighted by atomic mass is 10.1. The molecule has 3 aromatic carbocycles. The fraction of sp³-hybridized carbons (Fsp3) is 0.136. The molecule has 0 radical (unpaired) electrons. The third-order valence-corrected chi connectivity index (χ3v) is 5.92. The van der Waals surface area contributed by atoms with Gasteiger partial charge in [-0.25, -0.2) is 0 Å². The first-order valence-corrected chi connectivity index (χ1v) is 10.6. The van der Waals surface area contributed by atoms with Crippen LogP contribution >= 0.6 is 11.6 Å². The Kier molecular flexibility index (Phi) is 6.25. The monoisotopic (exact) mass is 429 g/mol. The van der Waals surface area contributed by atoms with E-state index in [0.717, 1.165) is 16.8 Å². The Labute approximate surface area is 175 Å². The van der Waals surface area contributed by atoms with Crippen molar-refractivity contribution in [3.63, 3.8) is 0 Å². The minimum atomic E-state index is -4.05. The Hall–Kier alpha value is -2.83. The maximum atomic E-state index is 12.5. The first-order valence-electron chi connectivity index (χ1n) is 8.79. The molecule has 3 rings (SSSR count). The smallest absolute Gasteiger partial charge is 0.339 e. The number of hydrogen-bond donors (Lipinski definition) is 0. The van der Waals surface area contributed by atoms with Gasteiger partial charge in [0.25, 0.3) is 0 Å². The average molecular weight is 430 g/mol. The van der Waals surface area contributed by atoms with Crippen molar-refractivity contribution in [2.75, 3.05) is 7.11 Å². The van der Waals surface area contributed by atoms with E-state index >= 15 is 0 Å². The van der Waals surface area contributed by atoms with Crippen LogP contribution in [0.5, 0.6) is 11.5 Å². The molecule has 0 aliphatic carbocycles. The molecule has 0 fully saturated rings. The summed E-state index contributed by atoms with van der Waals surface area (Å²) in [5, 5.41) is 0.103. The van der Waals surface area contributed by atoms with E-state index in [-0.39, 0.29) is 21.4 Å². The molecule has 0 spiro atoms. The number of ether oxygens (including phenoxy) is 1. The standard InChI is InChI=1S/C22H20ClNO4S/c1-15-8-7-11-20(16(15)2)24-14-17-12-19(23)22(21(13-17)27-3)28-29(25,26)18-9-5-4-6-10-18/h4-14H,1-3H3. The second-order valence-corrected chi connectivity index (χ2v) is 8.32. The Morgan fingerprint density at radius 1 is 1.00 bits per heavy atom. The molecular weight excluding hydrogens is 410 g/mol. The van der Waals surface area contributed by atoms with Crippen LogP contribution in [0.4, 0.5) is 5.69 Å². The topological polar surface area (TPSA) is 65.0 Å². The molecule has 0 N–H and O–H groups in total. The van der Waals surface area contributed by atoms with Gasteiger partial charge in [0, 0.05) is 6.21 Å². The maximum Gasteiger partial charge on any atom is 0.339 e. The van der Waals surface area contributed by atoms with E-state index in [1.54, 1.807) is 36.5 Å². The fourth-order valence-corrected chi connectivity index (χ4v) is 3.94. The van der Waals surface area contributed by atoms with Crippen molar-refractivity contribution in [2.24, 2.45) is 4.99 Å². The Balaban J connectivity index is 1.94. The van der Waals surface area contributed by atoms with Crippen LogP contribution in [0.15, 0.2) is 70.6 Å². The van der Waals surface area contributed by atoms with Gasteiger partial charge in [0.1, 0.15) is 4.90 Å². The first-order chi connectivity index (χ1) is 13.8. The van der Waals surface area contributed by atoms with E-state index in [1.165, 1.54) is 19.2 Å². The summed E-state index contributed by atoms with van der Waals surface area (Å²) in [7, 11) is -2.63. The van der Waals surface area contributed by atoms with E-state index in [9.17, 15) is 8.42 Å². The van der Waals surface area contributed by atoms with Crippen molar-refractivity contribution in [2.45, 2.75) is 18.7 Å². The minimum absolute atomic E-state index is 0.0266. The molecule has 3 aromatic rings. The van der Waals surface area contributed by atoms with Gasteiger partial charge in [-0.15, -0.1) is 0 Å². The summed E-state index contributed by atoms with van der Waals surface area (Å²) in [5.74, 6) is 0.126. The van der Waals surface area contributed by atoms with Crippen LogP contribution in [-0.2, 0) is 10.1 Å². The van der Waals surface area contributed by atoms with Gasteiger partial charge < -0.3 is 8.92 Å². The van der Waals surface area contributed by atoms with Crippen LogP contribution in [-0.4, -0.2) is 21.7 Å². The van der Waals surface area contributed by atoms with Crippen LogP contribution in [0.2, 0.25) is 5.02 Å². The number of methoxy groups -OCH3 is 1. The molecule has 0 heterocycles.